The minimum absolute atomic E-state index is 0.00259. The highest BCUT2D eigenvalue weighted by Gasteiger charge is 2.28. The van der Waals surface area contributed by atoms with E-state index in [1.54, 1.807) is 0 Å². The molecule has 0 spiro atoms. The smallest absolute Gasteiger partial charge is 0.230 e. The highest BCUT2D eigenvalue weighted by molar-refractivity contribution is 7.80. The molecule has 0 aliphatic heterocycles. The summed E-state index contributed by atoms with van der Waals surface area (Å²) in [6.45, 7) is 3.92. The highest BCUT2D eigenvalue weighted by Crippen LogP contribution is 2.20. The van der Waals surface area contributed by atoms with Crippen molar-refractivity contribution in [2.45, 2.75) is 39.2 Å². The monoisotopic (exact) mass is 214 g/mol. The molecule has 0 aromatic carbocycles. The average Bonchev–Trinajstić information content (AvgIpc) is 1.95. The lowest BCUT2D eigenvalue weighted by Crippen LogP contribution is -2.47. The van der Waals surface area contributed by atoms with Gasteiger partial charge in [0.25, 0.3) is 0 Å². The molecule has 4 heteroatoms. The number of nitrogens with two attached hydrogens (primary N) is 1. The van der Waals surface area contributed by atoms with Crippen molar-refractivity contribution in [3.8, 4) is 0 Å². The van der Waals surface area contributed by atoms with Crippen LogP contribution in [0, 0.1) is 11.8 Å². The first kappa shape index (κ1) is 11.4. The van der Waals surface area contributed by atoms with Crippen molar-refractivity contribution in [1.29, 1.82) is 0 Å². The zero-order valence-electron chi connectivity index (χ0n) is 8.75. The van der Waals surface area contributed by atoms with Crippen LogP contribution < -0.4 is 11.1 Å². The van der Waals surface area contributed by atoms with E-state index in [0.717, 1.165) is 12.8 Å². The number of nitrogens with one attached hydrogen (secondary N) is 1. The van der Waals surface area contributed by atoms with E-state index >= 15 is 0 Å². The molecule has 80 valence electrons. The highest BCUT2D eigenvalue weighted by atomic mass is 32.1. The third kappa shape index (κ3) is 2.67. The van der Waals surface area contributed by atoms with Crippen molar-refractivity contribution in [2.75, 3.05) is 0 Å². The van der Waals surface area contributed by atoms with Gasteiger partial charge in [-0.05, 0) is 25.2 Å². The number of carbonyl (C=O) groups excluding carboxylic acids is 1. The zero-order chi connectivity index (χ0) is 10.7. The summed E-state index contributed by atoms with van der Waals surface area (Å²) in [6.07, 6.45) is 3.39. The zero-order valence-corrected chi connectivity index (χ0v) is 9.56. The maximum absolute atomic E-state index is 11.8. The summed E-state index contributed by atoms with van der Waals surface area (Å²) in [7, 11) is 0. The molecule has 1 unspecified atom stereocenters. The van der Waals surface area contributed by atoms with E-state index < -0.39 is 0 Å². The first-order valence-corrected chi connectivity index (χ1v) is 5.53. The van der Waals surface area contributed by atoms with E-state index in [4.69, 9.17) is 18.0 Å². The minimum atomic E-state index is -0.314. The molecule has 3 nitrogen and oxygen atoms in total. The normalized spacial score (nSPS) is 18.8. The van der Waals surface area contributed by atoms with Crippen molar-refractivity contribution in [3.05, 3.63) is 0 Å². The quantitative estimate of drug-likeness (QED) is 0.692. The Morgan fingerprint density at radius 3 is 2.36 bits per heavy atom. The maximum Gasteiger partial charge on any atom is 0.230 e. The first-order valence-electron chi connectivity index (χ1n) is 5.12. The predicted molar refractivity (Wildman–Crippen MR) is 60.9 cm³/mol. The molecule has 0 aromatic rings. The van der Waals surface area contributed by atoms with Crippen LogP contribution in [0.25, 0.3) is 0 Å². The van der Waals surface area contributed by atoms with Gasteiger partial charge in [0.1, 0.15) is 0 Å². The largest absolute Gasteiger partial charge is 0.393 e. The lowest BCUT2D eigenvalue weighted by Gasteiger charge is -2.29. The summed E-state index contributed by atoms with van der Waals surface area (Å²) in [4.78, 5) is 12.1. The summed E-state index contributed by atoms with van der Waals surface area (Å²) in [6, 6.07) is 0.359. The Bertz CT molecular complexity index is 236. The second-order valence-electron chi connectivity index (χ2n) is 4.26. The lowest BCUT2D eigenvalue weighted by atomic mass is 9.90. The van der Waals surface area contributed by atoms with Crippen LogP contribution in [0.1, 0.15) is 33.1 Å². The van der Waals surface area contributed by atoms with Crippen LogP contribution in [-0.4, -0.2) is 16.9 Å². The Morgan fingerprint density at radius 2 is 2.07 bits per heavy atom. The number of carbonyl (C=O) groups is 1. The molecule has 0 saturated heterocycles. The third-order valence-electron chi connectivity index (χ3n) is 2.71. The van der Waals surface area contributed by atoms with Crippen LogP contribution in [0.2, 0.25) is 0 Å². The molecule has 0 aromatic heterocycles. The molecule has 1 saturated carbocycles. The van der Waals surface area contributed by atoms with Crippen molar-refractivity contribution >= 4 is 23.1 Å². The Balaban J connectivity index is 2.49. The van der Waals surface area contributed by atoms with E-state index in [-0.39, 0.29) is 17.7 Å². The second kappa shape index (κ2) is 4.73. The molecule has 1 aliphatic rings. The van der Waals surface area contributed by atoms with E-state index in [1.807, 2.05) is 13.8 Å². The van der Waals surface area contributed by atoms with Crippen molar-refractivity contribution in [2.24, 2.45) is 17.6 Å². The lowest BCUT2D eigenvalue weighted by molar-refractivity contribution is -0.125. The predicted octanol–water partition coefficient (Wildman–Crippen LogP) is 1.21. The average molecular weight is 214 g/mol. The number of amides is 1. The second-order valence-corrected chi connectivity index (χ2v) is 4.73. The van der Waals surface area contributed by atoms with Gasteiger partial charge in [0.2, 0.25) is 5.91 Å². The topological polar surface area (TPSA) is 55.1 Å². The fraction of sp³-hybridized carbons (Fsp3) is 0.800. The van der Waals surface area contributed by atoms with Gasteiger partial charge in [0, 0.05) is 6.04 Å². The van der Waals surface area contributed by atoms with Crippen LogP contribution in [0.3, 0.4) is 0 Å². The molecule has 3 N–H and O–H groups in total. The molecule has 0 heterocycles. The number of thiocarbonyl (C=S) groups is 1. The summed E-state index contributed by atoms with van der Waals surface area (Å²) in [5, 5.41) is 2.97. The van der Waals surface area contributed by atoms with E-state index in [0.29, 0.717) is 11.0 Å². The Kier molecular flexibility index (Phi) is 3.86. The minimum Gasteiger partial charge on any atom is -0.393 e. The van der Waals surface area contributed by atoms with Crippen LogP contribution >= 0.6 is 12.2 Å². The van der Waals surface area contributed by atoms with Gasteiger partial charge in [-0.2, -0.15) is 0 Å². The Hall–Kier alpha value is -0.640. The van der Waals surface area contributed by atoms with Gasteiger partial charge >= 0.3 is 0 Å². The van der Waals surface area contributed by atoms with Gasteiger partial charge in [-0.25, -0.2) is 0 Å². The fourth-order valence-electron chi connectivity index (χ4n) is 1.60. The molecule has 14 heavy (non-hydrogen) atoms. The van der Waals surface area contributed by atoms with Gasteiger partial charge in [-0.3, -0.25) is 4.79 Å². The summed E-state index contributed by atoms with van der Waals surface area (Å²) < 4.78 is 0. The van der Waals surface area contributed by atoms with Crippen LogP contribution in [0.15, 0.2) is 0 Å². The molecule has 1 fully saturated rings. The van der Waals surface area contributed by atoms with Gasteiger partial charge in [-0.1, -0.05) is 26.1 Å². The summed E-state index contributed by atoms with van der Waals surface area (Å²) >= 11 is 4.89. The fourth-order valence-corrected chi connectivity index (χ4v) is 1.98. The van der Waals surface area contributed by atoms with Crippen molar-refractivity contribution < 1.29 is 4.79 Å². The molecule has 1 atom stereocenters. The number of hydrogen-bond donors (Lipinski definition) is 2. The van der Waals surface area contributed by atoms with Crippen LogP contribution in [-0.2, 0) is 4.79 Å². The van der Waals surface area contributed by atoms with Gasteiger partial charge < -0.3 is 11.1 Å². The van der Waals surface area contributed by atoms with Crippen LogP contribution in [0.4, 0.5) is 0 Å². The van der Waals surface area contributed by atoms with E-state index in [1.165, 1.54) is 6.42 Å². The van der Waals surface area contributed by atoms with Crippen molar-refractivity contribution in [1.82, 2.24) is 5.32 Å². The number of hydrogen-bond acceptors (Lipinski definition) is 2. The Morgan fingerprint density at radius 1 is 1.50 bits per heavy atom. The third-order valence-corrected chi connectivity index (χ3v) is 2.96. The maximum atomic E-state index is 11.8. The van der Waals surface area contributed by atoms with Crippen molar-refractivity contribution in [3.63, 3.8) is 0 Å². The molecular formula is C10H18N2OS. The molecular weight excluding hydrogens is 196 g/mol. The molecule has 1 rings (SSSR count). The molecule has 0 bridgehead atoms. The standard InChI is InChI=1S/C10H18N2OS/c1-6(2)8(9(11)14)10(13)12-7-4-3-5-7/h6-8H,3-5H2,1-2H3,(H2,11,14)(H,12,13). The Labute approximate surface area is 90.4 Å². The van der Waals surface area contributed by atoms with Gasteiger partial charge in [0.15, 0.2) is 0 Å². The van der Waals surface area contributed by atoms with E-state index in [9.17, 15) is 4.79 Å². The first-order chi connectivity index (χ1) is 6.52. The molecule has 0 radical (unpaired) electrons. The summed E-state index contributed by atoms with van der Waals surface area (Å²) in [5.41, 5.74) is 5.54. The molecule has 1 amide bonds. The number of rotatable bonds is 4. The molecule has 1 aliphatic carbocycles. The van der Waals surface area contributed by atoms with Crippen LogP contribution in [0.5, 0.6) is 0 Å². The SMILES string of the molecule is CC(C)C(C(=O)NC1CCC1)C(N)=S. The van der Waals surface area contributed by atoms with Gasteiger partial charge in [0.05, 0.1) is 10.9 Å². The van der Waals surface area contributed by atoms with E-state index in [2.05, 4.69) is 5.32 Å². The summed E-state index contributed by atoms with van der Waals surface area (Å²) in [5.74, 6) is -0.143. The van der Waals surface area contributed by atoms with Gasteiger partial charge in [-0.15, -0.1) is 0 Å².